The molecule has 0 aromatic carbocycles. The van der Waals surface area contributed by atoms with Gasteiger partial charge in [-0.3, -0.25) is 4.98 Å². The Morgan fingerprint density at radius 2 is 2.23 bits per heavy atom. The molecule has 1 saturated heterocycles. The Balaban J connectivity index is 2.13. The fourth-order valence-corrected chi connectivity index (χ4v) is 3.98. The first kappa shape index (κ1) is 14.3. The molecule has 22 heavy (non-hydrogen) atoms. The van der Waals surface area contributed by atoms with E-state index in [1.165, 1.54) is 2.78 Å². The molecule has 2 aliphatic heterocycles. The van der Waals surface area contributed by atoms with Crippen molar-refractivity contribution in [3.8, 4) is 0 Å². The molecule has 2 aromatic rings. The lowest BCUT2D eigenvalue weighted by atomic mass is 10.1. The molecule has 0 saturated carbocycles. The molecule has 0 amide bonds. The fraction of sp³-hybridized carbons (Fsp3) is 0.500. The number of nitrogens with one attached hydrogen (secondary N) is 1. The molecule has 1 fully saturated rings. The van der Waals surface area contributed by atoms with Crippen LogP contribution in [0.25, 0.3) is 10.9 Å². The summed E-state index contributed by atoms with van der Waals surface area (Å²) in [7, 11) is 0. The zero-order valence-corrected chi connectivity index (χ0v) is 14.2. The SMILES string of the molecule is Cc1nc2c3c(nc(=O)n(I)c3c1F)N1CCNCC1CC2. The summed E-state index contributed by atoms with van der Waals surface area (Å²) in [4.78, 5) is 23.0. The number of hydrogen-bond acceptors (Lipinski definition) is 5. The number of halogens is 2. The smallest absolute Gasteiger partial charge is 0.350 e. The van der Waals surface area contributed by atoms with Crippen molar-refractivity contribution in [3.05, 3.63) is 27.7 Å². The van der Waals surface area contributed by atoms with E-state index in [-0.39, 0.29) is 6.04 Å². The number of fused-ring (bicyclic) bond motifs is 2. The maximum atomic E-state index is 14.6. The predicted octanol–water partition coefficient (Wildman–Crippen LogP) is 1.16. The molecule has 116 valence electrons. The van der Waals surface area contributed by atoms with Gasteiger partial charge in [0.25, 0.3) is 0 Å². The Bertz CT molecular complexity index is 836. The number of pyridine rings is 1. The summed E-state index contributed by atoms with van der Waals surface area (Å²) in [6.07, 6.45) is 1.69. The van der Waals surface area contributed by atoms with Crippen LogP contribution < -0.4 is 15.9 Å². The Kier molecular flexibility index (Phi) is 3.33. The summed E-state index contributed by atoms with van der Waals surface area (Å²) in [5, 5.41) is 4.07. The lowest BCUT2D eigenvalue weighted by Gasteiger charge is -2.36. The van der Waals surface area contributed by atoms with Crippen molar-refractivity contribution in [1.82, 2.24) is 18.1 Å². The first-order chi connectivity index (χ1) is 10.6. The van der Waals surface area contributed by atoms with Gasteiger partial charge in [-0.25, -0.2) is 12.0 Å². The average molecular weight is 415 g/mol. The average Bonchev–Trinajstić information content (AvgIpc) is 2.66. The number of piperazine rings is 1. The van der Waals surface area contributed by atoms with Gasteiger partial charge in [0.15, 0.2) is 5.82 Å². The molecule has 1 N–H and O–H groups in total. The molecule has 2 aromatic heterocycles. The molecule has 6 nitrogen and oxygen atoms in total. The summed E-state index contributed by atoms with van der Waals surface area (Å²) < 4.78 is 15.9. The van der Waals surface area contributed by atoms with Crippen LogP contribution in [0.2, 0.25) is 0 Å². The molecular weight excluding hydrogens is 400 g/mol. The van der Waals surface area contributed by atoms with Gasteiger partial charge in [-0.05, 0) is 19.8 Å². The van der Waals surface area contributed by atoms with E-state index < -0.39 is 11.5 Å². The van der Waals surface area contributed by atoms with Crippen molar-refractivity contribution >= 4 is 39.6 Å². The molecule has 1 atom stereocenters. The summed E-state index contributed by atoms with van der Waals surface area (Å²) in [6, 6.07) is 0.270. The van der Waals surface area contributed by atoms with E-state index >= 15 is 0 Å². The van der Waals surface area contributed by atoms with Gasteiger partial charge in [-0.2, -0.15) is 4.98 Å². The number of nitrogens with zero attached hydrogens (tertiary/aromatic N) is 4. The van der Waals surface area contributed by atoms with Crippen LogP contribution >= 0.6 is 22.9 Å². The van der Waals surface area contributed by atoms with Gasteiger partial charge in [0.1, 0.15) is 11.3 Å². The third-order valence-electron chi connectivity index (χ3n) is 4.48. The molecular formula is C14H15FIN5O. The quantitative estimate of drug-likeness (QED) is 0.655. The van der Waals surface area contributed by atoms with Crippen LogP contribution in [0.1, 0.15) is 17.8 Å². The van der Waals surface area contributed by atoms with Gasteiger partial charge in [0, 0.05) is 25.7 Å². The summed E-state index contributed by atoms with van der Waals surface area (Å²) in [6.45, 7) is 4.11. The molecule has 0 aliphatic carbocycles. The molecule has 4 rings (SSSR count). The van der Waals surface area contributed by atoms with Crippen LogP contribution in [0.4, 0.5) is 10.2 Å². The Morgan fingerprint density at radius 1 is 1.41 bits per heavy atom. The number of aromatic nitrogens is 3. The maximum Gasteiger partial charge on any atom is 0.359 e. The summed E-state index contributed by atoms with van der Waals surface area (Å²) >= 11 is 1.82. The van der Waals surface area contributed by atoms with Crippen molar-refractivity contribution in [2.45, 2.75) is 25.8 Å². The normalized spacial score (nSPS) is 20.9. The highest BCUT2D eigenvalue weighted by molar-refractivity contribution is 14.1. The van der Waals surface area contributed by atoms with Crippen LogP contribution in [-0.2, 0) is 6.42 Å². The van der Waals surface area contributed by atoms with E-state index in [2.05, 4.69) is 20.2 Å². The van der Waals surface area contributed by atoms with Crippen molar-refractivity contribution < 1.29 is 4.39 Å². The van der Waals surface area contributed by atoms with Crippen molar-refractivity contribution in [2.75, 3.05) is 24.5 Å². The minimum absolute atomic E-state index is 0.270. The Hall–Kier alpha value is -1.29. The Morgan fingerprint density at radius 3 is 3.05 bits per heavy atom. The summed E-state index contributed by atoms with van der Waals surface area (Å²) in [5.41, 5.74) is 1.06. The minimum Gasteiger partial charge on any atom is -0.350 e. The van der Waals surface area contributed by atoms with Gasteiger partial charge in [0.2, 0.25) is 0 Å². The first-order valence-corrected chi connectivity index (χ1v) is 8.29. The molecule has 0 spiro atoms. The number of aryl methyl sites for hydroxylation is 2. The number of rotatable bonds is 0. The predicted molar refractivity (Wildman–Crippen MR) is 90.2 cm³/mol. The van der Waals surface area contributed by atoms with E-state index in [1.54, 1.807) is 6.92 Å². The first-order valence-electron chi connectivity index (χ1n) is 7.33. The van der Waals surface area contributed by atoms with E-state index in [0.717, 1.165) is 38.2 Å². The fourth-order valence-electron chi connectivity index (χ4n) is 3.42. The third-order valence-corrected chi connectivity index (χ3v) is 5.37. The van der Waals surface area contributed by atoms with E-state index in [1.807, 2.05) is 22.9 Å². The molecule has 8 heteroatoms. The van der Waals surface area contributed by atoms with Gasteiger partial charge in [0.05, 0.1) is 39.6 Å². The van der Waals surface area contributed by atoms with Crippen LogP contribution in [0.5, 0.6) is 0 Å². The zero-order valence-electron chi connectivity index (χ0n) is 12.1. The van der Waals surface area contributed by atoms with Crippen molar-refractivity contribution in [2.24, 2.45) is 0 Å². The zero-order chi connectivity index (χ0) is 15.4. The molecule has 4 heterocycles. The number of hydrogen-bond donors (Lipinski definition) is 1. The van der Waals surface area contributed by atoms with Gasteiger partial charge in [-0.15, -0.1) is 0 Å². The second-order valence-corrected chi connectivity index (χ2v) is 6.74. The highest BCUT2D eigenvalue weighted by atomic mass is 127. The third kappa shape index (κ3) is 1.96. The molecule has 1 unspecified atom stereocenters. The van der Waals surface area contributed by atoms with Crippen molar-refractivity contribution in [1.29, 1.82) is 0 Å². The lowest BCUT2D eigenvalue weighted by Crippen LogP contribution is -2.51. The topological polar surface area (TPSA) is 63.1 Å². The van der Waals surface area contributed by atoms with Crippen LogP contribution in [0.3, 0.4) is 0 Å². The second-order valence-electron chi connectivity index (χ2n) is 5.77. The van der Waals surface area contributed by atoms with Crippen LogP contribution in [-0.4, -0.2) is 38.4 Å². The largest absolute Gasteiger partial charge is 0.359 e. The lowest BCUT2D eigenvalue weighted by molar-refractivity contribution is 0.454. The van der Waals surface area contributed by atoms with Gasteiger partial charge < -0.3 is 10.2 Å². The van der Waals surface area contributed by atoms with Crippen LogP contribution in [0.15, 0.2) is 4.79 Å². The molecule has 0 bridgehead atoms. The molecule has 2 aliphatic rings. The highest BCUT2D eigenvalue weighted by Gasteiger charge is 2.31. The monoisotopic (exact) mass is 415 g/mol. The maximum absolute atomic E-state index is 14.6. The molecule has 0 radical (unpaired) electrons. The van der Waals surface area contributed by atoms with Crippen LogP contribution in [0, 0.1) is 12.7 Å². The summed E-state index contributed by atoms with van der Waals surface area (Å²) in [5.74, 6) is 0.167. The Labute approximate surface area is 140 Å². The van der Waals surface area contributed by atoms with Gasteiger partial charge in [-0.1, -0.05) is 0 Å². The van der Waals surface area contributed by atoms with Crippen molar-refractivity contribution in [3.63, 3.8) is 0 Å². The van der Waals surface area contributed by atoms with E-state index in [4.69, 9.17) is 0 Å². The second kappa shape index (κ2) is 5.12. The van der Waals surface area contributed by atoms with E-state index in [9.17, 15) is 9.18 Å². The van der Waals surface area contributed by atoms with Gasteiger partial charge >= 0.3 is 5.69 Å². The highest BCUT2D eigenvalue weighted by Crippen LogP contribution is 2.34. The minimum atomic E-state index is -0.433. The van der Waals surface area contributed by atoms with E-state index in [0.29, 0.717) is 22.4 Å². The standard InChI is InChI=1S/C14H15FIN5O/c1-7-11(15)12-10-9(18-7)3-2-8-6-17-4-5-20(8)13(10)19-14(22)21(12)16/h8,17H,2-6H2,1H3. The number of anilines is 1.